The summed E-state index contributed by atoms with van der Waals surface area (Å²) in [7, 11) is 0. The van der Waals surface area contributed by atoms with Crippen LogP contribution in [0.5, 0.6) is 0 Å². The molecular weight excluding hydrogens is 695 g/mol. The quantitative estimate of drug-likeness (QED) is 0.125. The first kappa shape index (κ1) is 41.3. The van der Waals surface area contributed by atoms with Gasteiger partial charge in [-0.05, 0) is 40.3 Å². The molecule has 7 aromatic carbocycles. The molecular formula is C42H44Cl2SiZr-4. The van der Waals surface area contributed by atoms with Gasteiger partial charge in [0.2, 0.25) is 0 Å². The number of hydrogen-bond acceptors (Lipinski definition) is 0. The van der Waals surface area contributed by atoms with E-state index in [2.05, 4.69) is 163 Å². The Kier molecular flexibility index (Phi) is 16.7. The van der Waals surface area contributed by atoms with Gasteiger partial charge in [-0.25, -0.2) is 0 Å². The second-order valence-corrected chi connectivity index (χ2v) is 11.4. The molecule has 0 atom stereocenters. The van der Waals surface area contributed by atoms with E-state index >= 15 is 0 Å². The third-order valence-electron chi connectivity index (χ3n) is 8.20. The molecule has 0 saturated carbocycles. The van der Waals surface area contributed by atoms with Gasteiger partial charge in [-0.15, -0.1) is 93.4 Å². The molecule has 7 aromatic rings. The predicted molar refractivity (Wildman–Crippen MR) is 209 cm³/mol. The zero-order valence-electron chi connectivity index (χ0n) is 27.9. The fraction of sp³-hybridized carbons (Fsp3) is 0.143. The zero-order valence-corrected chi connectivity index (χ0v) is 33.0. The first-order valence-electron chi connectivity index (χ1n) is 14.6. The Morgan fingerprint density at radius 2 is 1.11 bits per heavy atom. The van der Waals surface area contributed by atoms with E-state index < -0.39 is 0 Å². The van der Waals surface area contributed by atoms with Crippen LogP contribution in [0, 0.1) is 35.6 Å². The van der Waals surface area contributed by atoms with Crippen LogP contribution in [-0.4, -0.2) is 6.88 Å². The van der Waals surface area contributed by atoms with Crippen molar-refractivity contribution >= 4 is 64.0 Å². The van der Waals surface area contributed by atoms with Gasteiger partial charge in [-0.3, -0.25) is 0 Å². The van der Waals surface area contributed by atoms with Crippen molar-refractivity contribution in [2.45, 2.75) is 40.5 Å². The van der Waals surface area contributed by atoms with Gasteiger partial charge in [0.05, 0.1) is 0 Å². The van der Waals surface area contributed by atoms with Crippen LogP contribution in [0.3, 0.4) is 0 Å². The summed E-state index contributed by atoms with van der Waals surface area (Å²) >= 11 is 1.36. The third-order valence-corrected chi connectivity index (χ3v) is 8.20. The van der Waals surface area contributed by atoms with Crippen molar-refractivity contribution in [1.29, 1.82) is 0 Å². The Labute approximate surface area is 306 Å². The second-order valence-electron chi connectivity index (χ2n) is 11.4. The standard InChI is InChI=1S/C21H17.C19H19.2CH3.2ClH.Si.Zr/c1-14-12-20-15(2)10-11-19(21(20)13-14)18-9-5-7-16-6-3-4-8-17(16)18;1-13(2)16-11-15-8-6-10-18(19(15)12-16)17-9-5-4-7-14(17)3;;;;;;/h3-13H,1-2H3;4-13H,1-3H3;2*1H3;2*1H;;/q4*-1;;;;. The number of benzene rings is 5. The summed E-state index contributed by atoms with van der Waals surface area (Å²) in [4.78, 5) is 0. The molecule has 0 nitrogen and oxygen atoms in total. The molecule has 0 aliphatic heterocycles. The molecule has 0 aliphatic carbocycles. The van der Waals surface area contributed by atoms with Gasteiger partial charge in [-0.1, -0.05) is 118 Å². The van der Waals surface area contributed by atoms with Gasteiger partial charge in [0.15, 0.2) is 0 Å². The summed E-state index contributed by atoms with van der Waals surface area (Å²) in [5, 5.41) is 8.09. The van der Waals surface area contributed by atoms with Crippen molar-refractivity contribution in [1.82, 2.24) is 0 Å². The predicted octanol–water partition coefficient (Wildman–Crippen LogP) is 13.0. The Balaban J connectivity index is 0.000000405. The first-order chi connectivity index (χ1) is 20.4. The van der Waals surface area contributed by atoms with E-state index in [9.17, 15) is 0 Å². The van der Waals surface area contributed by atoms with Crippen LogP contribution in [-0.2, 0) is 23.3 Å². The second kappa shape index (κ2) is 18.6. The fourth-order valence-corrected chi connectivity index (χ4v) is 5.99. The molecule has 0 spiro atoms. The molecule has 0 aromatic heterocycles. The minimum atomic E-state index is 0. The Morgan fingerprint density at radius 1 is 0.543 bits per heavy atom. The molecule has 0 N–H and O–H groups in total. The molecule has 0 saturated heterocycles. The molecule has 0 unspecified atom stereocenters. The van der Waals surface area contributed by atoms with Crippen LogP contribution in [0.25, 0.3) is 54.6 Å². The number of fused-ring (bicyclic) bond motifs is 3. The average molecular weight is 739 g/mol. The van der Waals surface area contributed by atoms with Crippen molar-refractivity contribution in [3.05, 3.63) is 158 Å². The molecule has 46 heavy (non-hydrogen) atoms. The average Bonchev–Trinajstić information content (AvgIpc) is 3.63. The van der Waals surface area contributed by atoms with E-state index in [1.54, 1.807) is 0 Å². The van der Waals surface area contributed by atoms with Gasteiger partial charge in [0.1, 0.15) is 0 Å². The van der Waals surface area contributed by atoms with Crippen LogP contribution in [0.1, 0.15) is 42.0 Å². The van der Waals surface area contributed by atoms with Crippen molar-refractivity contribution in [3.8, 4) is 22.3 Å². The Morgan fingerprint density at radius 3 is 1.80 bits per heavy atom. The van der Waals surface area contributed by atoms with Crippen LogP contribution >= 0.6 is 24.8 Å². The van der Waals surface area contributed by atoms with E-state index in [-0.39, 0.29) is 39.7 Å². The SMILES string of the molecule is Cc1cc2c(-c3cccc4ccccc34)ccc(C)c2[cH-]1.Cc1ccccc1-c1cccc2[cH-]c(C(C)C)cc12.Cl.Cl.[CH3-].[CH3-].[Si]=[Zr]. The van der Waals surface area contributed by atoms with Crippen LogP contribution in [0.4, 0.5) is 0 Å². The molecule has 0 aliphatic rings. The molecule has 2 radical (unpaired) electrons. The van der Waals surface area contributed by atoms with Crippen molar-refractivity contribution in [3.63, 3.8) is 0 Å². The number of aryl methyl sites for hydroxylation is 3. The Hall–Kier alpha value is -2.74. The summed E-state index contributed by atoms with van der Waals surface area (Å²) in [5.41, 5.74) is 10.8. The van der Waals surface area contributed by atoms with Gasteiger partial charge in [-0.2, -0.15) is 12.1 Å². The van der Waals surface area contributed by atoms with E-state index in [0.29, 0.717) is 5.92 Å². The topological polar surface area (TPSA) is 0 Å². The maximum atomic E-state index is 3.06. The molecule has 238 valence electrons. The molecule has 0 fully saturated rings. The number of rotatable bonds is 3. The van der Waals surface area contributed by atoms with Crippen LogP contribution in [0.2, 0.25) is 0 Å². The van der Waals surface area contributed by atoms with Gasteiger partial charge >= 0.3 is 30.2 Å². The van der Waals surface area contributed by atoms with E-state index in [1.165, 1.54) is 100 Å². The van der Waals surface area contributed by atoms with Crippen molar-refractivity contribution in [2.24, 2.45) is 0 Å². The van der Waals surface area contributed by atoms with Gasteiger partial charge < -0.3 is 14.9 Å². The molecule has 7 rings (SSSR count). The summed E-state index contributed by atoms with van der Waals surface area (Å²) < 4.78 is 0. The molecule has 0 heterocycles. The monoisotopic (exact) mass is 736 g/mol. The normalized spacial score (nSPS) is 9.93. The summed E-state index contributed by atoms with van der Waals surface area (Å²) in [6.45, 7) is 14.1. The Bertz CT molecular complexity index is 1990. The minimum absolute atomic E-state index is 0. The first-order valence-corrected chi connectivity index (χ1v) is 18.7. The fourth-order valence-electron chi connectivity index (χ4n) is 5.99. The third kappa shape index (κ3) is 8.59. The van der Waals surface area contributed by atoms with Crippen molar-refractivity contribution in [2.75, 3.05) is 0 Å². The maximum absolute atomic E-state index is 3.06. The molecule has 4 heteroatoms. The van der Waals surface area contributed by atoms with Crippen LogP contribution < -0.4 is 0 Å². The van der Waals surface area contributed by atoms with Gasteiger partial charge in [0, 0.05) is 0 Å². The number of halogens is 2. The van der Waals surface area contributed by atoms with Gasteiger partial charge in [0.25, 0.3) is 0 Å². The van der Waals surface area contributed by atoms with E-state index in [1.807, 2.05) is 0 Å². The summed E-state index contributed by atoms with van der Waals surface area (Å²) in [6, 6.07) is 44.2. The summed E-state index contributed by atoms with van der Waals surface area (Å²) in [6.07, 6.45) is 0. The molecule has 0 bridgehead atoms. The molecule has 0 amide bonds. The van der Waals surface area contributed by atoms with E-state index in [4.69, 9.17) is 0 Å². The van der Waals surface area contributed by atoms with Crippen LogP contribution in [0.15, 0.2) is 121 Å². The van der Waals surface area contributed by atoms with E-state index in [0.717, 1.165) is 0 Å². The number of hydrogen-bond donors (Lipinski definition) is 0. The van der Waals surface area contributed by atoms with Crippen molar-refractivity contribution < 1.29 is 23.3 Å². The zero-order chi connectivity index (χ0) is 29.8. The summed E-state index contributed by atoms with van der Waals surface area (Å²) in [5.74, 6) is 0.581.